The van der Waals surface area contributed by atoms with Crippen LogP contribution in [-0.2, 0) is 27.2 Å². The Morgan fingerprint density at radius 3 is 2.69 bits per heavy atom. The summed E-state index contributed by atoms with van der Waals surface area (Å²) in [6, 6.07) is 6.46. The standard InChI is InChI=1S/C20H26N2O3S/c23-19(14-15-5-6-18-16(13-15)3-2-12-26-18)21-7-9-22(10-8-21)20(24)17-4-1-11-25-17/h5-6,13,17H,1-4,7-12,14H2. The lowest BCUT2D eigenvalue weighted by Gasteiger charge is -2.35. The van der Waals surface area contributed by atoms with E-state index in [4.69, 9.17) is 4.74 Å². The molecule has 0 bridgehead atoms. The predicted molar refractivity (Wildman–Crippen MR) is 101 cm³/mol. The summed E-state index contributed by atoms with van der Waals surface area (Å²) >= 11 is 1.91. The SMILES string of the molecule is O=C(Cc1ccc2c(c1)CCCS2)N1CCN(C(=O)C2CCCO2)CC1. The number of nitrogens with zero attached hydrogens (tertiary/aromatic N) is 2. The molecule has 2 saturated heterocycles. The van der Waals surface area contributed by atoms with E-state index in [2.05, 4.69) is 18.2 Å². The van der Waals surface area contributed by atoms with Crippen molar-refractivity contribution in [1.29, 1.82) is 0 Å². The Bertz CT molecular complexity index is 680. The quantitative estimate of drug-likeness (QED) is 0.813. The molecular formula is C20H26N2O3S. The number of aryl methyl sites for hydroxylation is 1. The first-order valence-electron chi connectivity index (χ1n) is 9.63. The zero-order chi connectivity index (χ0) is 17.9. The molecule has 1 aromatic rings. The highest BCUT2D eigenvalue weighted by molar-refractivity contribution is 7.99. The van der Waals surface area contributed by atoms with E-state index in [1.165, 1.54) is 22.6 Å². The summed E-state index contributed by atoms with van der Waals surface area (Å²) in [6.45, 7) is 3.17. The van der Waals surface area contributed by atoms with E-state index in [9.17, 15) is 9.59 Å². The van der Waals surface area contributed by atoms with Crippen molar-refractivity contribution in [3.05, 3.63) is 29.3 Å². The highest BCUT2D eigenvalue weighted by Crippen LogP contribution is 2.30. The van der Waals surface area contributed by atoms with Gasteiger partial charge in [0.25, 0.3) is 5.91 Å². The topological polar surface area (TPSA) is 49.9 Å². The third-order valence-corrected chi connectivity index (χ3v) is 6.68. The molecule has 26 heavy (non-hydrogen) atoms. The van der Waals surface area contributed by atoms with Gasteiger partial charge < -0.3 is 14.5 Å². The molecule has 140 valence electrons. The molecule has 1 atom stereocenters. The van der Waals surface area contributed by atoms with Gasteiger partial charge in [0, 0.05) is 37.7 Å². The summed E-state index contributed by atoms with van der Waals surface area (Å²) < 4.78 is 5.49. The van der Waals surface area contributed by atoms with E-state index in [1.54, 1.807) is 0 Å². The third-order valence-electron chi connectivity index (χ3n) is 5.48. The Morgan fingerprint density at radius 2 is 1.92 bits per heavy atom. The van der Waals surface area contributed by atoms with Crippen LogP contribution in [0, 0.1) is 0 Å². The van der Waals surface area contributed by atoms with Gasteiger partial charge in [-0.1, -0.05) is 12.1 Å². The average Bonchev–Trinajstić information content (AvgIpc) is 3.22. The average molecular weight is 375 g/mol. The Hall–Kier alpha value is -1.53. The Morgan fingerprint density at radius 1 is 1.12 bits per heavy atom. The van der Waals surface area contributed by atoms with E-state index < -0.39 is 0 Å². The molecule has 3 aliphatic heterocycles. The van der Waals surface area contributed by atoms with Gasteiger partial charge in [0.1, 0.15) is 6.10 Å². The number of hydrogen-bond donors (Lipinski definition) is 0. The van der Waals surface area contributed by atoms with Crippen molar-refractivity contribution < 1.29 is 14.3 Å². The van der Waals surface area contributed by atoms with Crippen molar-refractivity contribution in [1.82, 2.24) is 9.80 Å². The first-order valence-corrected chi connectivity index (χ1v) is 10.6. The minimum atomic E-state index is -0.259. The van der Waals surface area contributed by atoms with Crippen LogP contribution in [-0.4, -0.2) is 66.3 Å². The number of amides is 2. The van der Waals surface area contributed by atoms with E-state index in [0.717, 1.165) is 24.8 Å². The second kappa shape index (κ2) is 8.01. The number of piperazine rings is 1. The van der Waals surface area contributed by atoms with E-state index >= 15 is 0 Å². The molecule has 0 N–H and O–H groups in total. The van der Waals surface area contributed by atoms with Gasteiger partial charge in [0.05, 0.1) is 6.42 Å². The lowest BCUT2D eigenvalue weighted by atomic mass is 10.0. The maximum atomic E-state index is 12.7. The van der Waals surface area contributed by atoms with Crippen LogP contribution in [0.15, 0.2) is 23.1 Å². The first kappa shape index (κ1) is 17.9. The van der Waals surface area contributed by atoms with Gasteiger partial charge in [-0.15, -0.1) is 11.8 Å². The largest absolute Gasteiger partial charge is 0.368 e. The Kier molecular flexibility index (Phi) is 5.50. The highest BCUT2D eigenvalue weighted by atomic mass is 32.2. The van der Waals surface area contributed by atoms with Crippen LogP contribution in [0.25, 0.3) is 0 Å². The van der Waals surface area contributed by atoms with Crippen LogP contribution >= 0.6 is 11.8 Å². The Balaban J connectivity index is 1.30. The van der Waals surface area contributed by atoms with Crippen molar-refractivity contribution in [2.45, 2.75) is 43.1 Å². The fourth-order valence-corrected chi connectivity index (χ4v) is 4.98. The van der Waals surface area contributed by atoms with Crippen LogP contribution in [0.1, 0.15) is 30.4 Å². The van der Waals surface area contributed by atoms with Gasteiger partial charge in [-0.25, -0.2) is 0 Å². The van der Waals surface area contributed by atoms with Crippen LogP contribution < -0.4 is 0 Å². The fourth-order valence-electron chi connectivity index (χ4n) is 3.96. The predicted octanol–water partition coefficient (Wildman–Crippen LogP) is 2.12. The molecule has 0 aliphatic carbocycles. The molecule has 6 heteroatoms. The number of rotatable bonds is 3. The van der Waals surface area contributed by atoms with Crippen molar-refractivity contribution in [3.63, 3.8) is 0 Å². The highest BCUT2D eigenvalue weighted by Gasteiger charge is 2.31. The van der Waals surface area contributed by atoms with E-state index in [0.29, 0.717) is 39.2 Å². The van der Waals surface area contributed by atoms with E-state index in [1.807, 2.05) is 21.6 Å². The number of hydrogen-bond acceptors (Lipinski definition) is 4. The lowest BCUT2D eigenvalue weighted by molar-refractivity contribution is -0.145. The molecule has 3 aliphatic rings. The molecule has 4 rings (SSSR count). The molecule has 1 unspecified atom stereocenters. The summed E-state index contributed by atoms with van der Waals surface area (Å²) in [5, 5.41) is 0. The fraction of sp³-hybridized carbons (Fsp3) is 0.600. The molecule has 0 aromatic heterocycles. The van der Waals surface area contributed by atoms with Gasteiger partial charge in [-0.3, -0.25) is 9.59 Å². The smallest absolute Gasteiger partial charge is 0.251 e. The van der Waals surface area contributed by atoms with Gasteiger partial charge in [0.2, 0.25) is 5.91 Å². The van der Waals surface area contributed by atoms with Crippen molar-refractivity contribution in [2.75, 3.05) is 38.5 Å². The molecule has 5 nitrogen and oxygen atoms in total. The van der Waals surface area contributed by atoms with Gasteiger partial charge in [-0.2, -0.15) is 0 Å². The van der Waals surface area contributed by atoms with Crippen LogP contribution in [0.3, 0.4) is 0 Å². The minimum Gasteiger partial charge on any atom is -0.368 e. The molecule has 3 heterocycles. The second-order valence-electron chi connectivity index (χ2n) is 7.28. The first-order chi connectivity index (χ1) is 12.7. The normalized spacial score (nSPS) is 23.0. The molecule has 2 amide bonds. The minimum absolute atomic E-state index is 0.0989. The van der Waals surface area contributed by atoms with Crippen molar-refractivity contribution in [2.24, 2.45) is 0 Å². The number of carbonyl (C=O) groups excluding carboxylic acids is 2. The maximum Gasteiger partial charge on any atom is 0.251 e. The second-order valence-corrected chi connectivity index (χ2v) is 8.42. The molecule has 0 radical (unpaired) electrons. The monoisotopic (exact) mass is 374 g/mol. The number of thioether (sulfide) groups is 1. The van der Waals surface area contributed by atoms with E-state index in [-0.39, 0.29) is 17.9 Å². The lowest BCUT2D eigenvalue weighted by Crippen LogP contribution is -2.53. The maximum absolute atomic E-state index is 12.7. The zero-order valence-electron chi connectivity index (χ0n) is 15.1. The number of fused-ring (bicyclic) bond motifs is 1. The molecule has 1 aromatic carbocycles. The van der Waals surface area contributed by atoms with Crippen LogP contribution in [0.4, 0.5) is 0 Å². The van der Waals surface area contributed by atoms with Crippen molar-refractivity contribution >= 4 is 23.6 Å². The number of benzene rings is 1. The molecule has 2 fully saturated rings. The van der Waals surface area contributed by atoms with Crippen molar-refractivity contribution in [3.8, 4) is 0 Å². The summed E-state index contributed by atoms with van der Waals surface area (Å²) in [6.07, 6.45) is 4.33. The molecular weight excluding hydrogens is 348 g/mol. The molecule has 0 saturated carbocycles. The number of ether oxygens (including phenoxy) is 1. The van der Waals surface area contributed by atoms with Gasteiger partial charge in [-0.05, 0) is 48.6 Å². The molecule has 0 spiro atoms. The number of carbonyl (C=O) groups is 2. The van der Waals surface area contributed by atoms with Gasteiger partial charge in [0.15, 0.2) is 0 Å². The summed E-state index contributed by atoms with van der Waals surface area (Å²) in [4.78, 5) is 30.2. The summed E-state index contributed by atoms with van der Waals surface area (Å²) in [5.41, 5.74) is 2.49. The van der Waals surface area contributed by atoms with Crippen LogP contribution in [0.2, 0.25) is 0 Å². The summed E-state index contributed by atoms with van der Waals surface area (Å²) in [7, 11) is 0. The third kappa shape index (κ3) is 3.91. The van der Waals surface area contributed by atoms with Crippen LogP contribution in [0.5, 0.6) is 0 Å². The summed E-state index contributed by atoms with van der Waals surface area (Å²) in [5.74, 6) is 1.46. The van der Waals surface area contributed by atoms with Gasteiger partial charge >= 0.3 is 0 Å². The zero-order valence-corrected chi connectivity index (χ0v) is 15.9. The Labute approximate surface area is 159 Å².